The second-order valence-corrected chi connectivity index (χ2v) is 2.43. The summed E-state index contributed by atoms with van der Waals surface area (Å²) in [5.74, 6) is -1.13. The fraction of sp³-hybridized carbons (Fsp3) is 0.111. The third-order valence-corrected chi connectivity index (χ3v) is 1.66. The van der Waals surface area contributed by atoms with Crippen molar-refractivity contribution in [1.82, 2.24) is 5.32 Å². The summed E-state index contributed by atoms with van der Waals surface area (Å²) in [6, 6.07) is 4.17. The van der Waals surface area contributed by atoms with Gasteiger partial charge in [0.15, 0.2) is 0 Å². The van der Waals surface area contributed by atoms with E-state index in [1.165, 1.54) is 25.2 Å². The van der Waals surface area contributed by atoms with Crippen LogP contribution >= 0.6 is 0 Å². The Bertz CT molecular complexity index is 349. The number of amides is 1. The minimum atomic E-state index is -0.611. The Balaban J connectivity index is 3.30. The highest BCUT2D eigenvalue weighted by Gasteiger charge is 2.13. The van der Waals surface area contributed by atoms with Crippen molar-refractivity contribution in [2.45, 2.75) is 0 Å². The molecule has 1 rings (SSSR count). The topological polar surface area (TPSA) is 53.0 Å². The van der Waals surface area contributed by atoms with Crippen molar-refractivity contribution in [3.05, 3.63) is 35.1 Å². The maximum Gasteiger partial charge on any atom is 0.254 e. The number of benzene rings is 1. The average Bonchev–Trinajstić information content (AvgIpc) is 2.16. The maximum atomic E-state index is 13.1. The monoisotopic (exact) mass is 180 g/mol. The van der Waals surface area contributed by atoms with Crippen LogP contribution in [0.3, 0.4) is 0 Å². The Morgan fingerprint density at radius 3 is 2.85 bits per heavy atom. The second kappa shape index (κ2) is 3.80. The zero-order chi connectivity index (χ0) is 9.84. The zero-order valence-corrected chi connectivity index (χ0v) is 7.10. The average molecular weight is 180 g/mol. The molecule has 0 spiro atoms. The van der Waals surface area contributed by atoms with Gasteiger partial charge in [0, 0.05) is 18.8 Å². The van der Waals surface area contributed by atoms with E-state index in [9.17, 15) is 9.18 Å². The van der Waals surface area contributed by atoms with Gasteiger partial charge in [-0.05, 0) is 6.07 Å². The normalized spacial score (nSPS) is 9.38. The first-order chi connectivity index (χ1) is 6.20. The molecule has 0 radical (unpaired) electrons. The molecule has 1 aromatic rings. The van der Waals surface area contributed by atoms with Gasteiger partial charge in [0.1, 0.15) is 5.82 Å². The number of rotatable bonds is 2. The molecule has 0 bridgehead atoms. The predicted molar refractivity (Wildman–Crippen MR) is 47.7 cm³/mol. The molecular weight excluding hydrogens is 171 g/mol. The van der Waals surface area contributed by atoms with Crippen LogP contribution in [0.4, 0.5) is 4.39 Å². The summed E-state index contributed by atoms with van der Waals surface area (Å²) in [6.07, 6.45) is 0.952. The van der Waals surface area contributed by atoms with Gasteiger partial charge in [-0.15, -0.1) is 0 Å². The van der Waals surface area contributed by atoms with Crippen LogP contribution in [0.15, 0.2) is 18.2 Å². The Morgan fingerprint density at radius 1 is 1.62 bits per heavy atom. The van der Waals surface area contributed by atoms with Crippen LogP contribution in [0.25, 0.3) is 0 Å². The van der Waals surface area contributed by atoms with E-state index >= 15 is 0 Å². The molecule has 0 unspecified atom stereocenters. The third kappa shape index (κ3) is 1.72. The SMILES string of the molecule is CNC(=O)c1c(F)cccc1C=N. The van der Waals surface area contributed by atoms with Crippen LogP contribution in [-0.2, 0) is 0 Å². The number of hydrogen-bond acceptors (Lipinski definition) is 2. The predicted octanol–water partition coefficient (Wildman–Crippen LogP) is 1.18. The highest BCUT2D eigenvalue weighted by molar-refractivity contribution is 6.01. The van der Waals surface area contributed by atoms with Crippen molar-refractivity contribution >= 4 is 12.1 Å². The third-order valence-electron chi connectivity index (χ3n) is 1.66. The van der Waals surface area contributed by atoms with Gasteiger partial charge >= 0.3 is 0 Å². The van der Waals surface area contributed by atoms with Crippen LogP contribution in [0.5, 0.6) is 0 Å². The summed E-state index contributed by atoms with van der Waals surface area (Å²) in [4.78, 5) is 11.2. The summed E-state index contributed by atoms with van der Waals surface area (Å²) in [5, 5.41) is 9.29. The van der Waals surface area contributed by atoms with E-state index in [0.717, 1.165) is 6.21 Å². The van der Waals surface area contributed by atoms with Crippen molar-refractivity contribution in [2.24, 2.45) is 0 Å². The Hall–Kier alpha value is -1.71. The lowest BCUT2D eigenvalue weighted by Crippen LogP contribution is -2.21. The molecule has 1 aromatic carbocycles. The Kier molecular flexibility index (Phi) is 2.74. The van der Waals surface area contributed by atoms with Gasteiger partial charge in [-0.25, -0.2) is 4.39 Å². The molecule has 1 amide bonds. The van der Waals surface area contributed by atoms with Gasteiger partial charge in [-0.2, -0.15) is 0 Å². The first-order valence-electron chi connectivity index (χ1n) is 3.71. The molecule has 0 aliphatic rings. The standard InChI is InChI=1S/C9H9FN2O/c1-12-9(13)8-6(5-11)3-2-4-7(8)10/h2-5,11H,1H3,(H,12,13). The highest BCUT2D eigenvalue weighted by Crippen LogP contribution is 2.11. The van der Waals surface area contributed by atoms with E-state index in [4.69, 9.17) is 5.41 Å². The van der Waals surface area contributed by atoms with Crippen LogP contribution < -0.4 is 5.32 Å². The van der Waals surface area contributed by atoms with E-state index in [1.54, 1.807) is 0 Å². The molecule has 2 N–H and O–H groups in total. The molecule has 4 heteroatoms. The summed E-state index contributed by atoms with van der Waals surface area (Å²) in [5.41, 5.74) is 0.194. The summed E-state index contributed by atoms with van der Waals surface area (Å²) < 4.78 is 13.1. The van der Waals surface area contributed by atoms with Gasteiger partial charge < -0.3 is 10.7 Å². The lowest BCUT2D eigenvalue weighted by Gasteiger charge is -2.04. The number of carbonyl (C=O) groups is 1. The summed E-state index contributed by atoms with van der Waals surface area (Å²) in [7, 11) is 1.42. The van der Waals surface area contributed by atoms with Crippen LogP contribution in [-0.4, -0.2) is 19.2 Å². The first-order valence-corrected chi connectivity index (χ1v) is 3.71. The van der Waals surface area contributed by atoms with Gasteiger partial charge in [-0.3, -0.25) is 4.79 Å². The number of carbonyl (C=O) groups excluding carboxylic acids is 1. The summed E-state index contributed by atoms with van der Waals surface area (Å²) >= 11 is 0. The molecule has 0 aliphatic heterocycles. The highest BCUT2D eigenvalue weighted by atomic mass is 19.1. The van der Waals surface area contributed by atoms with Crippen LogP contribution in [0, 0.1) is 11.2 Å². The number of nitrogens with one attached hydrogen (secondary N) is 2. The fourth-order valence-electron chi connectivity index (χ4n) is 1.03. The largest absolute Gasteiger partial charge is 0.355 e. The van der Waals surface area contributed by atoms with Crippen molar-refractivity contribution in [2.75, 3.05) is 7.05 Å². The van der Waals surface area contributed by atoms with Gasteiger partial charge in [0.2, 0.25) is 0 Å². The van der Waals surface area contributed by atoms with Gasteiger partial charge in [-0.1, -0.05) is 12.1 Å². The number of halogens is 1. The minimum Gasteiger partial charge on any atom is -0.355 e. The molecule has 0 heterocycles. The molecule has 0 fully saturated rings. The van der Waals surface area contributed by atoms with E-state index in [0.29, 0.717) is 0 Å². The zero-order valence-electron chi connectivity index (χ0n) is 7.10. The van der Waals surface area contributed by atoms with Crippen molar-refractivity contribution < 1.29 is 9.18 Å². The molecule has 0 aliphatic carbocycles. The molecule has 13 heavy (non-hydrogen) atoms. The van der Waals surface area contributed by atoms with E-state index in [-0.39, 0.29) is 11.1 Å². The van der Waals surface area contributed by atoms with Crippen molar-refractivity contribution in [1.29, 1.82) is 5.41 Å². The van der Waals surface area contributed by atoms with Crippen molar-refractivity contribution in [3.8, 4) is 0 Å². The smallest absolute Gasteiger partial charge is 0.254 e. The van der Waals surface area contributed by atoms with E-state index in [1.807, 2.05) is 0 Å². The fourth-order valence-corrected chi connectivity index (χ4v) is 1.03. The van der Waals surface area contributed by atoms with Crippen LogP contribution in [0.2, 0.25) is 0 Å². The molecule has 0 atom stereocenters. The lowest BCUT2D eigenvalue weighted by atomic mass is 10.1. The number of hydrogen-bond donors (Lipinski definition) is 2. The summed E-state index contributed by atoms with van der Waals surface area (Å²) in [6.45, 7) is 0. The van der Waals surface area contributed by atoms with E-state index in [2.05, 4.69) is 5.32 Å². The molecule has 0 saturated carbocycles. The molecule has 0 saturated heterocycles. The lowest BCUT2D eigenvalue weighted by molar-refractivity contribution is 0.0959. The molecular formula is C9H9FN2O. The first kappa shape index (κ1) is 9.38. The van der Waals surface area contributed by atoms with E-state index < -0.39 is 11.7 Å². The molecule has 0 aromatic heterocycles. The minimum absolute atomic E-state index is 0.0833. The maximum absolute atomic E-state index is 13.1. The molecule has 68 valence electrons. The van der Waals surface area contributed by atoms with Gasteiger partial charge in [0.05, 0.1) is 5.56 Å². The quantitative estimate of drug-likeness (QED) is 0.660. The van der Waals surface area contributed by atoms with Crippen molar-refractivity contribution in [3.63, 3.8) is 0 Å². The van der Waals surface area contributed by atoms with Gasteiger partial charge in [0.25, 0.3) is 5.91 Å². The Labute approximate surface area is 75.1 Å². The molecule has 3 nitrogen and oxygen atoms in total. The second-order valence-electron chi connectivity index (χ2n) is 2.43. The van der Waals surface area contributed by atoms with Crippen LogP contribution in [0.1, 0.15) is 15.9 Å². The Morgan fingerprint density at radius 2 is 2.31 bits per heavy atom.